The summed E-state index contributed by atoms with van der Waals surface area (Å²) in [6.07, 6.45) is 0. The maximum absolute atomic E-state index is 9.63. The fourth-order valence-electron chi connectivity index (χ4n) is 0.139. The minimum absolute atomic E-state index is 0. The standard InChI is InChI=1S/Na.H4O7P2.2H2O.H/c;1-8(2,3)7-9(4,5)6;;;/h;(H2,1,2,3)(H2,4,5,6);2*1H2;. The van der Waals surface area contributed by atoms with Crippen molar-refractivity contribution in [2.24, 2.45) is 0 Å². The van der Waals surface area contributed by atoms with Crippen LogP contribution in [0, 0.1) is 0 Å². The Morgan fingerprint density at radius 2 is 1.00 bits per heavy atom. The third-order valence-corrected chi connectivity index (χ3v) is 1.91. The molecule has 74 valence electrons. The van der Waals surface area contributed by atoms with Crippen LogP contribution in [0.25, 0.3) is 0 Å². The van der Waals surface area contributed by atoms with Gasteiger partial charge in [-0.15, -0.1) is 0 Å². The van der Waals surface area contributed by atoms with Crippen molar-refractivity contribution in [3.63, 3.8) is 0 Å². The van der Waals surface area contributed by atoms with Crippen LogP contribution in [0.15, 0.2) is 0 Å². The number of hydrogen-bond acceptors (Lipinski definition) is 3. The fraction of sp³-hybridized carbons (Fsp3) is 0. The molecule has 0 aromatic rings. The summed E-state index contributed by atoms with van der Waals surface area (Å²) in [5.74, 6) is 0. The molecule has 0 aromatic heterocycles. The van der Waals surface area contributed by atoms with Gasteiger partial charge in [-0.2, -0.15) is 4.31 Å². The minimum atomic E-state index is -5.05. The molecular weight excluding hydrogens is 229 g/mol. The molecule has 0 aromatic carbocycles. The predicted octanol–water partition coefficient (Wildman–Crippen LogP) is -3.11. The molecule has 0 saturated heterocycles. The van der Waals surface area contributed by atoms with E-state index < -0.39 is 15.6 Å². The summed E-state index contributed by atoms with van der Waals surface area (Å²) in [7, 11) is -10.1. The van der Waals surface area contributed by atoms with Crippen molar-refractivity contribution in [2.45, 2.75) is 0 Å². The normalized spacial score (nSPS) is 10.3. The van der Waals surface area contributed by atoms with Crippen LogP contribution in [0.1, 0.15) is 0 Å². The van der Waals surface area contributed by atoms with Crippen LogP contribution in [0.5, 0.6) is 0 Å². The van der Waals surface area contributed by atoms with E-state index in [4.69, 9.17) is 19.6 Å². The molecule has 0 spiro atoms. The quantitative estimate of drug-likeness (QED) is 0.289. The van der Waals surface area contributed by atoms with Gasteiger partial charge < -0.3 is 30.5 Å². The van der Waals surface area contributed by atoms with E-state index in [1.807, 2.05) is 0 Å². The summed E-state index contributed by atoms with van der Waals surface area (Å²) >= 11 is 0. The Morgan fingerprint density at radius 1 is 0.833 bits per heavy atom. The second-order valence-corrected chi connectivity index (χ2v) is 3.68. The van der Waals surface area contributed by atoms with Crippen molar-refractivity contribution in [1.29, 1.82) is 0 Å². The van der Waals surface area contributed by atoms with Crippen LogP contribution in [0.4, 0.5) is 0 Å². The van der Waals surface area contributed by atoms with Gasteiger partial charge in [-0.3, -0.25) is 0 Å². The first kappa shape index (κ1) is 23.2. The molecule has 0 unspecified atom stereocenters. The zero-order chi connectivity index (χ0) is 7.71. The van der Waals surface area contributed by atoms with Crippen molar-refractivity contribution in [3.8, 4) is 0 Å². The van der Waals surface area contributed by atoms with E-state index in [1.54, 1.807) is 0 Å². The zero-order valence-corrected chi connectivity index (χ0v) is 6.70. The first-order chi connectivity index (χ1) is 3.71. The van der Waals surface area contributed by atoms with Gasteiger partial charge in [0.1, 0.15) is 0 Å². The van der Waals surface area contributed by atoms with Gasteiger partial charge >= 0.3 is 45.2 Å². The van der Waals surface area contributed by atoms with Gasteiger partial charge in [-0.05, 0) is 0 Å². The average molecular weight is 238 g/mol. The van der Waals surface area contributed by atoms with Crippen molar-refractivity contribution in [2.75, 3.05) is 0 Å². The third-order valence-electron chi connectivity index (χ3n) is 0.213. The summed E-state index contributed by atoms with van der Waals surface area (Å²) < 4.78 is 22.2. The van der Waals surface area contributed by atoms with Gasteiger partial charge in [0.05, 0.1) is 0 Å². The average Bonchev–Trinajstić information content (AvgIpc) is 1.14. The van der Waals surface area contributed by atoms with Crippen molar-refractivity contribution < 1.29 is 44.0 Å². The molecule has 0 aliphatic carbocycles. The van der Waals surface area contributed by atoms with Gasteiger partial charge in [0, 0.05) is 0 Å². The van der Waals surface area contributed by atoms with Crippen molar-refractivity contribution in [3.05, 3.63) is 0 Å². The van der Waals surface area contributed by atoms with Crippen LogP contribution < -0.4 is 0 Å². The molecule has 0 atom stereocenters. The Morgan fingerprint density at radius 3 is 1.00 bits per heavy atom. The summed E-state index contributed by atoms with van der Waals surface area (Å²) in [4.78, 5) is 31.0. The Kier molecular flexibility index (Phi) is 14.6. The summed E-state index contributed by atoms with van der Waals surface area (Å²) in [6.45, 7) is 0. The van der Waals surface area contributed by atoms with Crippen LogP contribution in [0.3, 0.4) is 0 Å². The second-order valence-electron chi connectivity index (χ2n) is 1.06. The van der Waals surface area contributed by atoms with E-state index >= 15 is 0 Å². The van der Waals surface area contributed by atoms with Crippen LogP contribution in [-0.4, -0.2) is 60.1 Å². The molecule has 8 N–H and O–H groups in total. The van der Waals surface area contributed by atoms with Gasteiger partial charge in [0.2, 0.25) is 0 Å². The van der Waals surface area contributed by atoms with Gasteiger partial charge in [-0.25, -0.2) is 9.13 Å². The third kappa shape index (κ3) is 22.5. The van der Waals surface area contributed by atoms with Gasteiger partial charge in [0.15, 0.2) is 0 Å². The second kappa shape index (κ2) is 7.57. The molecule has 0 amide bonds. The van der Waals surface area contributed by atoms with Crippen LogP contribution >= 0.6 is 15.6 Å². The molecule has 9 nitrogen and oxygen atoms in total. The number of rotatable bonds is 2. The molecule has 0 radical (unpaired) electrons. The molecular formula is H9NaO9P2. The SMILES string of the molecule is O.O.O=P(O)(O)OP(=O)(O)O.[NaH]. The van der Waals surface area contributed by atoms with Crippen LogP contribution in [-0.2, 0) is 13.4 Å². The Hall–Kier alpha value is 1.18. The number of hydrogen-bond donors (Lipinski definition) is 4. The van der Waals surface area contributed by atoms with Crippen LogP contribution in [0.2, 0.25) is 0 Å². The Balaban J connectivity index is -0.000000107. The van der Waals surface area contributed by atoms with E-state index in [2.05, 4.69) is 4.31 Å². The molecule has 0 fully saturated rings. The van der Waals surface area contributed by atoms with Gasteiger partial charge in [-0.1, -0.05) is 0 Å². The maximum atomic E-state index is 9.63. The molecule has 0 saturated carbocycles. The predicted molar refractivity (Wildman–Crippen MR) is 39.5 cm³/mol. The first-order valence-corrected chi connectivity index (χ1v) is 4.59. The van der Waals surface area contributed by atoms with E-state index in [0.29, 0.717) is 0 Å². The van der Waals surface area contributed by atoms with E-state index in [0.717, 1.165) is 0 Å². The van der Waals surface area contributed by atoms with E-state index in [9.17, 15) is 9.13 Å². The molecule has 12 heavy (non-hydrogen) atoms. The zero-order valence-electron chi connectivity index (χ0n) is 4.91. The van der Waals surface area contributed by atoms with Crippen molar-refractivity contribution in [1.82, 2.24) is 0 Å². The fourth-order valence-corrected chi connectivity index (χ4v) is 1.25. The van der Waals surface area contributed by atoms with Crippen molar-refractivity contribution >= 4 is 45.2 Å². The first-order valence-electron chi connectivity index (χ1n) is 1.53. The molecule has 0 heterocycles. The molecule has 0 aliphatic heterocycles. The molecule has 12 heteroatoms. The molecule has 0 bridgehead atoms. The summed E-state index contributed by atoms with van der Waals surface area (Å²) in [5.41, 5.74) is 0. The Bertz CT molecular complexity index is 153. The molecule has 0 aliphatic rings. The summed E-state index contributed by atoms with van der Waals surface area (Å²) in [6, 6.07) is 0. The van der Waals surface area contributed by atoms with E-state index in [-0.39, 0.29) is 40.5 Å². The number of phosphoric acid groups is 2. The monoisotopic (exact) mass is 238 g/mol. The molecule has 0 rings (SSSR count). The summed E-state index contributed by atoms with van der Waals surface area (Å²) in [5, 5.41) is 0. The Labute approximate surface area is 89.1 Å². The topological polar surface area (TPSA) is 187 Å². The van der Waals surface area contributed by atoms with Gasteiger partial charge in [0.25, 0.3) is 0 Å². The van der Waals surface area contributed by atoms with E-state index in [1.165, 1.54) is 0 Å².